The predicted molar refractivity (Wildman–Crippen MR) is 180 cm³/mol. The summed E-state index contributed by atoms with van der Waals surface area (Å²) in [6, 6.07) is 50.7. The fourth-order valence-electron chi connectivity index (χ4n) is 6.27. The van der Waals surface area contributed by atoms with Gasteiger partial charge in [-0.1, -0.05) is 91.0 Å². The number of nitrogens with zero attached hydrogens (tertiary/aromatic N) is 4. The monoisotopic (exact) mass is 566 g/mol. The van der Waals surface area contributed by atoms with Crippen molar-refractivity contribution < 1.29 is 0 Å². The van der Waals surface area contributed by atoms with Crippen LogP contribution in [0, 0.1) is 0 Å². The van der Waals surface area contributed by atoms with Gasteiger partial charge in [0.1, 0.15) is 0 Å². The first kappa shape index (κ1) is 24.5. The molecule has 44 heavy (non-hydrogen) atoms. The summed E-state index contributed by atoms with van der Waals surface area (Å²) in [6.45, 7) is 0. The normalized spacial score (nSPS) is 11.6. The zero-order chi connectivity index (χ0) is 29.0. The van der Waals surface area contributed by atoms with Crippen molar-refractivity contribution in [1.82, 2.24) is 24.5 Å². The Morgan fingerprint density at radius 2 is 1.09 bits per heavy atom. The van der Waals surface area contributed by atoms with Crippen molar-refractivity contribution >= 4 is 61.5 Å². The summed E-state index contributed by atoms with van der Waals surface area (Å²) in [6.07, 6.45) is 0. The maximum Gasteiger partial charge on any atom is 0.215 e. The molecule has 0 amide bonds. The number of rotatable bonds is 5. The van der Waals surface area contributed by atoms with E-state index in [4.69, 9.17) is 9.97 Å². The summed E-state index contributed by atoms with van der Waals surface area (Å²) < 4.78 is 2.36. The highest BCUT2D eigenvalue weighted by Crippen LogP contribution is 2.39. The maximum absolute atomic E-state index is 4.99. The number of para-hydroxylation sites is 5. The van der Waals surface area contributed by atoms with E-state index in [1.54, 1.807) is 0 Å². The fourth-order valence-corrected chi connectivity index (χ4v) is 6.27. The second-order valence-corrected chi connectivity index (χ2v) is 11.0. The number of hydrogen-bond acceptors (Lipinski definition) is 3. The van der Waals surface area contributed by atoms with E-state index < -0.39 is 0 Å². The second kappa shape index (κ2) is 9.71. The van der Waals surface area contributed by atoms with Gasteiger partial charge in [-0.3, -0.25) is 0 Å². The highest BCUT2D eigenvalue weighted by Gasteiger charge is 2.22. The molecule has 9 rings (SSSR count). The second-order valence-electron chi connectivity index (χ2n) is 11.0. The van der Waals surface area contributed by atoms with Crippen molar-refractivity contribution in [2.24, 2.45) is 0 Å². The number of benzene rings is 6. The van der Waals surface area contributed by atoms with Gasteiger partial charge in [0.2, 0.25) is 11.9 Å². The molecule has 0 atom stereocenters. The Morgan fingerprint density at radius 3 is 1.82 bits per heavy atom. The number of aromatic nitrogens is 5. The molecule has 0 spiro atoms. The molecule has 3 heterocycles. The van der Waals surface area contributed by atoms with E-state index in [1.807, 2.05) is 48.5 Å². The molecule has 0 saturated carbocycles. The lowest BCUT2D eigenvalue weighted by atomic mass is 10.1. The molecule has 9 aromatic rings. The molecule has 0 saturated heterocycles. The van der Waals surface area contributed by atoms with Gasteiger partial charge in [0.05, 0.1) is 38.8 Å². The number of anilines is 3. The lowest BCUT2D eigenvalue weighted by Gasteiger charge is -2.20. The minimum absolute atomic E-state index is 0.693. The van der Waals surface area contributed by atoms with E-state index in [0.29, 0.717) is 11.9 Å². The van der Waals surface area contributed by atoms with E-state index in [2.05, 4.69) is 116 Å². The molecule has 6 heteroatoms. The Bertz CT molecular complexity index is 2330. The average Bonchev–Trinajstić information content (AvgIpc) is 3.79. The summed E-state index contributed by atoms with van der Waals surface area (Å²) in [5.41, 5.74) is 10.4. The van der Waals surface area contributed by atoms with Gasteiger partial charge in [0.15, 0.2) is 0 Å². The first-order valence-electron chi connectivity index (χ1n) is 14.7. The standard InChI is InChI=1S/C38H26N6/c1-2-11-25(12-3-1)26-13-10-14-27(23-26)43-35-20-9-4-15-29(35)30-22-21-28(24-36(30)43)44(37-39-31-16-5-6-17-32(31)40-37)38-41-33-18-7-8-19-34(33)42-38/h1-24H,(H,39,40)(H,41,42). The first-order chi connectivity index (χ1) is 21.8. The van der Waals surface area contributed by atoms with Crippen molar-refractivity contribution in [3.05, 3.63) is 146 Å². The molecular weight excluding hydrogens is 540 g/mol. The van der Waals surface area contributed by atoms with Crippen LogP contribution in [0.1, 0.15) is 0 Å². The van der Waals surface area contributed by atoms with Crippen LogP contribution in [0.25, 0.3) is 60.7 Å². The zero-order valence-corrected chi connectivity index (χ0v) is 23.6. The van der Waals surface area contributed by atoms with Crippen LogP contribution in [0.4, 0.5) is 17.6 Å². The highest BCUT2D eigenvalue weighted by atomic mass is 15.3. The molecule has 0 aliphatic heterocycles. The SMILES string of the molecule is c1ccc(-c2cccc(-n3c4ccccc4c4ccc(N(c5nc6ccccc6[nH]5)c5nc6ccccc6[nH]5)cc43)c2)cc1. The van der Waals surface area contributed by atoms with Crippen molar-refractivity contribution in [3.8, 4) is 16.8 Å². The summed E-state index contributed by atoms with van der Waals surface area (Å²) in [5, 5.41) is 2.39. The van der Waals surface area contributed by atoms with Crippen LogP contribution < -0.4 is 4.90 Å². The first-order valence-corrected chi connectivity index (χ1v) is 14.7. The Morgan fingerprint density at radius 1 is 0.477 bits per heavy atom. The maximum atomic E-state index is 4.99. The van der Waals surface area contributed by atoms with Crippen LogP contribution in [0.5, 0.6) is 0 Å². The Labute approximate surface area is 252 Å². The number of hydrogen-bond donors (Lipinski definition) is 2. The molecule has 6 nitrogen and oxygen atoms in total. The molecule has 0 aliphatic carbocycles. The molecule has 0 unspecified atom stereocenters. The largest absolute Gasteiger partial charge is 0.323 e. The molecule has 0 bridgehead atoms. The third kappa shape index (κ3) is 3.89. The minimum atomic E-state index is 0.693. The van der Waals surface area contributed by atoms with Gasteiger partial charge >= 0.3 is 0 Å². The van der Waals surface area contributed by atoms with Gasteiger partial charge in [-0.2, -0.15) is 0 Å². The van der Waals surface area contributed by atoms with E-state index >= 15 is 0 Å². The molecule has 6 aromatic carbocycles. The number of fused-ring (bicyclic) bond motifs is 5. The Balaban J connectivity index is 1.29. The summed E-state index contributed by atoms with van der Waals surface area (Å²) in [5.74, 6) is 1.39. The molecule has 0 fully saturated rings. The van der Waals surface area contributed by atoms with Gasteiger partial charge in [-0.05, 0) is 65.7 Å². The minimum Gasteiger partial charge on any atom is -0.323 e. The van der Waals surface area contributed by atoms with Crippen LogP contribution in [0.2, 0.25) is 0 Å². The number of nitrogens with one attached hydrogen (secondary N) is 2. The molecule has 2 N–H and O–H groups in total. The molecular formula is C38H26N6. The summed E-state index contributed by atoms with van der Waals surface area (Å²) in [7, 11) is 0. The molecule has 0 radical (unpaired) electrons. The number of imidazole rings is 2. The Kier molecular flexibility index (Phi) is 5.40. The van der Waals surface area contributed by atoms with E-state index in [-0.39, 0.29) is 0 Å². The summed E-state index contributed by atoms with van der Waals surface area (Å²) >= 11 is 0. The van der Waals surface area contributed by atoms with Crippen LogP contribution >= 0.6 is 0 Å². The topological polar surface area (TPSA) is 65.5 Å². The molecule has 0 aliphatic rings. The quantitative estimate of drug-likeness (QED) is 0.218. The molecule has 208 valence electrons. The zero-order valence-electron chi connectivity index (χ0n) is 23.6. The van der Waals surface area contributed by atoms with E-state index in [1.165, 1.54) is 21.9 Å². The lowest BCUT2D eigenvalue weighted by Crippen LogP contribution is -2.13. The van der Waals surface area contributed by atoms with Crippen LogP contribution in [-0.2, 0) is 0 Å². The van der Waals surface area contributed by atoms with Gasteiger partial charge in [0.25, 0.3) is 0 Å². The van der Waals surface area contributed by atoms with Gasteiger partial charge in [-0.15, -0.1) is 0 Å². The van der Waals surface area contributed by atoms with Crippen molar-refractivity contribution in [1.29, 1.82) is 0 Å². The van der Waals surface area contributed by atoms with Crippen molar-refractivity contribution in [3.63, 3.8) is 0 Å². The van der Waals surface area contributed by atoms with E-state index in [0.717, 1.165) is 44.5 Å². The Hall–Kier alpha value is -6.14. The fraction of sp³-hybridized carbons (Fsp3) is 0. The molecule has 3 aromatic heterocycles. The van der Waals surface area contributed by atoms with Crippen molar-refractivity contribution in [2.75, 3.05) is 4.90 Å². The van der Waals surface area contributed by atoms with Crippen molar-refractivity contribution in [2.45, 2.75) is 0 Å². The average molecular weight is 567 g/mol. The van der Waals surface area contributed by atoms with E-state index in [9.17, 15) is 0 Å². The van der Waals surface area contributed by atoms with Gasteiger partial charge < -0.3 is 14.5 Å². The smallest absolute Gasteiger partial charge is 0.215 e. The number of H-pyrrole nitrogens is 2. The summed E-state index contributed by atoms with van der Waals surface area (Å²) in [4.78, 5) is 19.1. The highest BCUT2D eigenvalue weighted by molar-refractivity contribution is 6.10. The third-order valence-electron chi connectivity index (χ3n) is 8.30. The van der Waals surface area contributed by atoms with Gasteiger partial charge in [0, 0.05) is 16.5 Å². The van der Waals surface area contributed by atoms with Crippen LogP contribution in [-0.4, -0.2) is 24.5 Å². The van der Waals surface area contributed by atoms with Gasteiger partial charge in [-0.25, -0.2) is 14.9 Å². The predicted octanol–water partition coefficient (Wildman–Crippen LogP) is 9.67. The number of aromatic amines is 2. The van der Waals surface area contributed by atoms with Crippen LogP contribution in [0.3, 0.4) is 0 Å². The van der Waals surface area contributed by atoms with Crippen LogP contribution in [0.15, 0.2) is 146 Å². The lowest BCUT2D eigenvalue weighted by molar-refractivity contribution is 1.09. The third-order valence-corrected chi connectivity index (χ3v) is 8.30.